The topological polar surface area (TPSA) is 212 Å². The van der Waals surface area contributed by atoms with Crippen LogP contribution in [0.5, 0.6) is 0 Å². The predicted octanol–water partition coefficient (Wildman–Crippen LogP) is 6.77. The van der Waals surface area contributed by atoms with Gasteiger partial charge in [0.1, 0.15) is 11.7 Å². The Balaban J connectivity index is 0.000000240. The number of hydrogen-bond acceptors (Lipinski definition) is 12. The number of nitrogens with zero attached hydrogens (tertiary/aromatic N) is 2. The molecular weight excluding hydrogens is 741 g/mol. The van der Waals surface area contributed by atoms with Gasteiger partial charge in [-0.2, -0.15) is 0 Å². The molecule has 0 saturated carbocycles. The van der Waals surface area contributed by atoms with Gasteiger partial charge >= 0.3 is 12.2 Å². The van der Waals surface area contributed by atoms with E-state index in [4.69, 9.17) is 11.5 Å². The van der Waals surface area contributed by atoms with Gasteiger partial charge in [0.2, 0.25) is 11.8 Å². The third-order valence-electron chi connectivity index (χ3n) is 7.73. The zero-order valence-corrected chi connectivity index (χ0v) is 31.6. The molecule has 55 heavy (non-hydrogen) atoms. The van der Waals surface area contributed by atoms with Gasteiger partial charge in [0.25, 0.3) is 0 Å². The number of amides is 4. The lowest BCUT2D eigenvalue weighted by Gasteiger charge is -2.09. The number of anilines is 2. The number of nitrogens with two attached hydrogens (primary N) is 2. The molecule has 14 nitrogen and oxygen atoms in total. The van der Waals surface area contributed by atoms with Gasteiger partial charge < -0.3 is 31.6 Å². The van der Waals surface area contributed by atoms with Gasteiger partial charge in [-0.3, -0.25) is 20.2 Å². The average molecular weight is 785 g/mol. The quantitative estimate of drug-likeness (QED) is 0.110. The van der Waals surface area contributed by atoms with E-state index in [1.165, 1.54) is 14.2 Å². The van der Waals surface area contributed by atoms with Crippen molar-refractivity contribution in [2.45, 2.75) is 65.8 Å². The van der Waals surface area contributed by atoms with Crippen LogP contribution in [-0.2, 0) is 31.9 Å². The molecule has 0 bridgehead atoms. The summed E-state index contributed by atoms with van der Waals surface area (Å²) in [5.74, 6) is 0.720. The number of alkyl carbamates (subject to hydrolysis) is 2. The number of ether oxygens (including phenoxy) is 2. The molecule has 0 radical (unpaired) electrons. The summed E-state index contributed by atoms with van der Waals surface area (Å²) < 4.78 is 9.18. The highest BCUT2D eigenvalue weighted by Gasteiger charge is 2.19. The Hall–Kier alpha value is -5.68. The van der Waals surface area contributed by atoms with Crippen LogP contribution in [-0.4, -0.2) is 62.0 Å². The van der Waals surface area contributed by atoms with Gasteiger partial charge in [0.05, 0.1) is 37.7 Å². The van der Waals surface area contributed by atoms with E-state index in [9.17, 15) is 19.2 Å². The van der Waals surface area contributed by atoms with Gasteiger partial charge in [0, 0.05) is 43.8 Å². The molecule has 4 amide bonds. The first-order valence-corrected chi connectivity index (χ1v) is 18.3. The van der Waals surface area contributed by atoms with Crippen LogP contribution < -0.4 is 32.7 Å². The molecule has 2 aliphatic heterocycles. The molecule has 6 rings (SSSR count). The second kappa shape index (κ2) is 19.6. The minimum absolute atomic E-state index is 0. The van der Waals surface area contributed by atoms with E-state index in [-0.39, 0.29) is 19.2 Å². The molecule has 0 fully saturated rings. The van der Waals surface area contributed by atoms with Crippen LogP contribution in [0.25, 0.3) is 0 Å². The number of carbonyl (C=O) groups is 4. The number of carbonyl (C=O) groups excluding carboxylic acids is 4. The van der Waals surface area contributed by atoms with E-state index < -0.39 is 24.3 Å². The normalized spacial score (nSPS) is 13.1. The minimum Gasteiger partial charge on any atom is -0.453 e. The molecule has 288 valence electrons. The number of methoxy groups -OCH3 is 2. The fraction of sp³-hybridized carbons (Fsp3) is 0.231. The summed E-state index contributed by atoms with van der Waals surface area (Å²) in [6.07, 6.45) is 0.0713. The van der Waals surface area contributed by atoms with Crippen molar-refractivity contribution in [3.8, 4) is 0 Å². The third-order valence-corrected chi connectivity index (χ3v) is 9.73. The molecule has 0 unspecified atom stereocenters. The van der Waals surface area contributed by atoms with Crippen LogP contribution >= 0.6 is 23.5 Å². The molecule has 4 aromatic carbocycles. The molecule has 4 aromatic rings. The Morgan fingerprint density at radius 3 is 1.25 bits per heavy atom. The standard InChI is InChI=1S/2C19H20N4O3S.CH4/c2*1-11(20)18(24)21-13-3-5-14(6-4-13)27-15-7-8-16-12(9-15)10-17(22-16)23-19(25)26-2;/h2*3-9,11H,10,20H2,1-2H3,(H,21,24)(H,22,23,25);1H4/t2*11-;/m00./s1. The van der Waals surface area contributed by atoms with Gasteiger partial charge in [-0.15, -0.1) is 0 Å². The summed E-state index contributed by atoms with van der Waals surface area (Å²) in [6, 6.07) is 26.0. The fourth-order valence-electron chi connectivity index (χ4n) is 4.96. The van der Waals surface area contributed by atoms with Crippen LogP contribution in [0.15, 0.2) is 114 Å². The highest BCUT2D eigenvalue weighted by Crippen LogP contribution is 2.36. The van der Waals surface area contributed by atoms with Crippen molar-refractivity contribution in [1.29, 1.82) is 0 Å². The lowest BCUT2D eigenvalue weighted by atomic mass is 10.1. The molecular formula is C39H44N8O6S2. The zero-order valence-electron chi connectivity index (χ0n) is 30.0. The van der Waals surface area contributed by atoms with Crippen LogP contribution in [0.1, 0.15) is 32.4 Å². The first-order chi connectivity index (χ1) is 25.9. The van der Waals surface area contributed by atoms with Crippen molar-refractivity contribution >= 4 is 81.9 Å². The lowest BCUT2D eigenvalue weighted by Crippen LogP contribution is -2.32. The molecule has 2 heterocycles. The third kappa shape index (κ3) is 12.2. The van der Waals surface area contributed by atoms with E-state index >= 15 is 0 Å². The smallest absolute Gasteiger partial charge is 0.412 e. The molecule has 0 aromatic heterocycles. The number of aliphatic imine (C=N–C) groups is 2. The Labute approximate surface area is 328 Å². The first kappa shape index (κ1) is 42.1. The number of amidine groups is 2. The van der Waals surface area contributed by atoms with Crippen LogP contribution in [0, 0.1) is 0 Å². The number of benzene rings is 4. The van der Waals surface area contributed by atoms with Crippen LogP contribution in [0.4, 0.5) is 32.3 Å². The molecule has 2 atom stereocenters. The van der Waals surface area contributed by atoms with E-state index in [2.05, 4.69) is 52.9 Å². The summed E-state index contributed by atoms with van der Waals surface area (Å²) in [4.78, 5) is 58.8. The predicted molar refractivity (Wildman–Crippen MR) is 218 cm³/mol. The van der Waals surface area contributed by atoms with Crippen molar-refractivity contribution in [1.82, 2.24) is 10.6 Å². The van der Waals surface area contributed by atoms with Crippen molar-refractivity contribution in [2.24, 2.45) is 21.5 Å². The number of rotatable bonds is 8. The first-order valence-electron chi connectivity index (χ1n) is 16.7. The largest absolute Gasteiger partial charge is 0.453 e. The van der Waals surface area contributed by atoms with Gasteiger partial charge in [-0.1, -0.05) is 31.0 Å². The number of fused-ring (bicyclic) bond motifs is 2. The summed E-state index contributed by atoms with van der Waals surface area (Å²) in [6.45, 7) is 3.28. The zero-order chi connectivity index (χ0) is 38.8. The van der Waals surface area contributed by atoms with Crippen LogP contribution in [0.3, 0.4) is 0 Å². The number of nitrogens with one attached hydrogen (secondary N) is 4. The second-order valence-electron chi connectivity index (χ2n) is 12.1. The van der Waals surface area contributed by atoms with Gasteiger partial charge in [0.15, 0.2) is 0 Å². The summed E-state index contributed by atoms with van der Waals surface area (Å²) in [7, 11) is 2.64. The number of hydrogen-bond donors (Lipinski definition) is 6. The lowest BCUT2D eigenvalue weighted by molar-refractivity contribution is -0.117. The Morgan fingerprint density at radius 1 is 0.582 bits per heavy atom. The molecule has 0 aliphatic carbocycles. The van der Waals surface area contributed by atoms with Crippen molar-refractivity contribution < 1.29 is 28.7 Å². The minimum atomic E-state index is -0.550. The van der Waals surface area contributed by atoms with Crippen molar-refractivity contribution in [3.05, 3.63) is 96.1 Å². The maximum atomic E-state index is 11.6. The average Bonchev–Trinajstić information content (AvgIpc) is 3.75. The Bertz CT molecular complexity index is 1940. The van der Waals surface area contributed by atoms with Gasteiger partial charge in [-0.25, -0.2) is 19.6 Å². The summed E-state index contributed by atoms with van der Waals surface area (Å²) in [5, 5.41) is 10.7. The Morgan fingerprint density at radius 2 is 0.927 bits per heavy atom. The highest BCUT2D eigenvalue weighted by atomic mass is 32.2. The highest BCUT2D eigenvalue weighted by molar-refractivity contribution is 7.99. The van der Waals surface area contributed by atoms with Crippen molar-refractivity contribution in [2.75, 3.05) is 24.9 Å². The van der Waals surface area contributed by atoms with E-state index in [0.29, 0.717) is 35.9 Å². The Kier molecular flexibility index (Phi) is 15.0. The monoisotopic (exact) mass is 784 g/mol. The van der Waals surface area contributed by atoms with Crippen LogP contribution in [0.2, 0.25) is 0 Å². The van der Waals surface area contributed by atoms with Crippen molar-refractivity contribution in [3.63, 3.8) is 0 Å². The van der Waals surface area contributed by atoms with E-state index in [0.717, 1.165) is 42.1 Å². The van der Waals surface area contributed by atoms with E-state index in [1.807, 2.05) is 72.8 Å². The molecule has 0 saturated heterocycles. The molecule has 0 spiro atoms. The summed E-state index contributed by atoms with van der Waals surface area (Å²) >= 11 is 3.21. The van der Waals surface area contributed by atoms with Gasteiger partial charge in [-0.05, 0) is 110 Å². The molecule has 8 N–H and O–H groups in total. The maximum absolute atomic E-state index is 11.6. The second-order valence-corrected chi connectivity index (χ2v) is 14.4. The SMILES string of the molecule is C.COC(=O)NC1=Nc2ccc(Sc3ccc(NC(=O)[C@H](C)N)cc3)cc2C1.COC(=O)NC1=Nc2ccc(Sc3ccc(NC(=O)[C@H](C)N)cc3)cc2C1. The fourth-order valence-corrected chi connectivity index (χ4v) is 6.72. The molecule has 2 aliphatic rings. The molecule has 16 heteroatoms. The summed E-state index contributed by atoms with van der Waals surface area (Å²) in [5.41, 5.74) is 16.3. The van der Waals surface area contributed by atoms with E-state index in [1.54, 1.807) is 37.4 Å². The maximum Gasteiger partial charge on any atom is 0.412 e.